The summed E-state index contributed by atoms with van der Waals surface area (Å²) in [5.74, 6) is 0.852. The molecule has 2 aromatic heterocycles. The number of nitrogens with zero attached hydrogens (tertiary/aromatic N) is 2. The number of aryl methyl sites for hydroxylation is 1. The second-order valence-corrected chi connectivity index (χ2v) is 6.61. The third kappa shape index (κ3) is 4.07. The molecule has 0 spiro atoms. The number of carbonyl (C=O) groups excluding carboxylic acids is 2. The van der Waals surface area contributed by atoms with Crippen LogP contribution in [0.4, 0.5) is 16.2 Å². The third-order valence-corrected chi connectivity index (χ3v) is 4.34. The maximum absolute atomic E-state index is 13.1. The van der Waals surface area contributed by atoms with Gasteiger partial charge in [-0.3, -0.25) is 4.79 Å². The summed E-state index contributed by atoms with van der Waals surface area (Å²) in [6.07, 6.45) is 1.66. The summed E-state index contributed by atoms with van der Waals surface area (Å²) >= 11 is 0. The smallest absolute Gasteiger partial charge is 0.316 e. The second-order valence-electron chi connectivity index (χ2n) is 6.61. The van der Waals surface area contributed by atoms with Gasteiger partial charge in [-0.2, -0.15) is 5.10 Å². The number of aromatic nitrogens is 2. The number of rotatable bonds is 5. The fraction of sp³-hybridized carbons (Fsp3) is 0.0455. The molecule has 0 unspecified atom stereocenters. The molecule has 4 rings (SSSR count). The van der Waals surface area contributed by atoms with E-state index < -0.39 is 6.03 Å². The van der Waals surface area contributed by atoms with E-state index >= 15 is 0 Å². The van der Waals surface area contributed by atoms with Crippen molar-refractivity contribution >= 4 is 23.3 Å². The molecule has 0 saturated carbocycles. The maximum Gasteiger partial charge on any atom is 0.316 e. The summed E-state index contributed by atoms with van der Waals surface area (Å²) in [5.41, 5.74) is 7.72. The summed E-state index contributed by atoms with van der Waals surface area (Å²) in [4.78, 5) is 24.1. The highest BCUT2D eigenvalue weighted by atomic mass is 16.3. The van der Waals surface area contributed by atoms with Crippen molar-refractivity contribution < 1.29 is 14.0 Å². The molecule has 0 fully saturated rings. The van der Waals surface area contributed by atoms with Crippen LogP contribution in [-0.4, -0.2) is 21.7 Å². The zero-order valence-electron chi connectivity index (χ0n) is 16.1. The fourth-order valence-corrected chi connectivity index (χ4v) is 3.01. The number of hydrogen-bond acceptors (Lipinski definition) is 4. The molecule has 0 aliphatic heterocycles. The molecular weight excluding hydrogens is 382 g/mol. The number of nitrogens with two attached hydrogens (primary N) is 1. The largest absolute Gasteiger partial charge is 0.460 e. The number of benzene rings is 2. The van der Waals surface area contributed by atoms with Gasteiger partial charge in [0.05, 0.1) is 11.3 Å². The monoisotopic (exact) mass is 401 g/mol. The quantitative estimate of drug-likeness (QED) is 0.465. The molecule has 3 amide bonds. The number of primary amides is 1. The first-order chi connectivity index (χ1) is 14.5. The highest BCUT2D eigenvalue weighted by Crippen LogP contribution is 2.27. The number of hydrogen-bond donors (Lipinski definition) is 3. The molecule has 8 nitrogen and oxygen atoms in total. The van der Waals surface area contributed by atoms with Crippen molar-refractivity contribution in [1.82, 2.24) is 9.78 Å². The summed E-state index contributed by atoms with van der Waals surface area (Å²) in [7, 11) is 0. The number of amides is 3. The minimum atomic E-state index is -0.682. The first kappa shape index (κ1) is 19.0. The van der Waals surface area contributed by atoms with Crippen LogP contribution in [0.3, 0.4) is 0 Å². The zero-order chi connectivity index (χ0) is 21.1. The van der Waals surface area contributed by atoms with Gasteiger partial charge in [-0.15, -0.1) is 0 Å². The van der Waals surface area contributed by atoms with Gasteiger partial charge < -0.3 is 20.8 Å². The Bertz CT molecular complexity index is 1210. The molecule has 0 atom stereocenters. The zero-order valence-corrected chi connectivity index (χ0v) is 16.1. The van der Waals surface area contributed by atoms with Crippen molar-refractivity contribution in [3.05, 3.63) is 84.3 Å². The molecule has 2 heterocycles. The van der Waals surface area contributed by atoms with Crippen LogP contribution in [0.25, 0.3) is 17.1 Å². The lowest BCUT2D eigenvalue weighted by Crippen LogP contribution is -2.19. The standard InChI is InChI=1S/C22H19N5O3/c1-14-10-11-19(30-14)20-18(13-27(26-20)17-8-3-2-4-9-17)21(28)24-15-6-5-7-16(12-15)25-22(23)29/h2-13H,1H3,(H,24,28)(H3,23,25,29). The van der Waals surface area contributed by atoms with E-state index in [-0.39, 0.29) is 5.91 Å². The number of nitrogens with one attached hydrogen (secondary N) is 2. The lowest BCUT2D eigenvalue weighted by molar-refractivity contribution is 0.102. The SMILES string of the molecule is Cc1ccc(-c2nn(-c3ccccc3)cc2C(=O)Nc2cccc(NC(N)=O)c2)o1. The van der Waals surface area contributed by atoms with Crippen LogP contribution in [0, 0.1) is 6.92 Å². The lowest BCUT2D eigenvalue weighted by atomic mass is 10.2. The Morgan fingerprint density at radius 3 is 2.37 bits per heavy atom. The second kappa shape index (κ2) is 7.96. The van der Waals surface area contributed by atoms with Crippen LogP contribution in [0.1, 0.15) is 16.1 Å². The molecule has 150 valence electrons. The Morgan fingerprint density at radius 1 is 0.967 bits per heavy atom. The highest BCUT2D eigenvalue weighted by molar-refractivity contribution is 6.08. The predicted molar refractivity (Wildman–Crippen MR) is 114 cm³/mol. The minimum absolute atomic E-state index is 0.349. The topological polar surface area (TPSA) is 115 Å². The molecule has 30 heavy (non-hydrogen) atoms. The van der Waals surface area contributed by atoms with Crippen LogP contribution >= 0.6 is 0 Å². The van der Waals surface area contributed by atoms with Gasteiger partial charge >= 0.3 is 6.03 Å². The fourth-order valence-electron chi connectivity index (χ4n) is 3.01. The molecule has 4 aromatic rings. The van der Waals surface area contributed by atoms with Gasteiger partial charge in [-0.25, -0.2) is 9.48 Å². The number of urea groups is 1. The van der Waals surface area contributed by atoms with Crippen LogP contribution < -0.4 is 16.4 Å². The van der Waals surface area contributed by atoms with Gasteiger partial charge in [0.2, 0.25) is 0 Å². The average molecular weight is 401 g/mol. The van der Waals surface area contributed by atoms with E-state index in [0.717, 1.165) is 11.4 Å². The first-order valence-electron chi connectivity index (χ1n) is 9.19. The van der Waals surface area contributed by atoms with Gasteiger partial charge in [0, 0.05) is 17.6 Å². The number of carbonyl (C=O) groups is 2. The minimum Gasteiger partial charge on any atom is -0.460 e. The van der Waals surface area contributed by atoms with Crippen LogP contribution in [0.2, 0.25) is 0 Å². The molecule has 0 bridgehead atoms. The Balaban J connectivity index is 1.69. The van der Waals surface area contributed by atoms with Crippen molar-refractivity contribution in [1.29, 1.82) is 0 Å². The van der Waals surface area contributed by atoms with Gasteiger partial charge in [0.25, 0.3) is 5.91 Å². The predicted octanol–water partition coefficient (Wildman–Crippen LogP) is 4.18. The third-order valence-electron chi connectivity index (χ3n) is 4.34. The Morgan fingerprint density at radius 2 is 1.70 bits per heavy atom. The summed E-state index contributed by atoms with van der Waals surface area (Å²) in [5, 5.41) is 9.88. The molecule has 8 heteroatoms. The Kier molecular flexibility index (Phi) is 5.04. The molecule has 0 aliphatic carbocycles. The van der Waals surface area contributed by atoms with E-state index in [1.54, 1.807) is 41.2 Å². The highest BCUT2D eigenvalue weighted by Gasteiger charge is 2.21. The van der Waals surface area contributed by atoms with Crippen molar-refractivity contribution in [3.63, 3.8) is 0 Å². The molecule has 4 N–H and O–H groups in total. The van der Waals surface area contributed by atoms with E-state index in [0.29, 0.717) is 28.4 Å². The van der Waals surface area contributed by atoms with E-state index in [2.05, 4.69) is 15.7 Å². The van der Waals surface area contributed by atoms with E-state index in [1.807, 2.05) is 43.3 Å². The molecule has 2 aromatic carbocycles. The van der Waals surface area contributed by atoms with Crippen molar-refractivity contribution in [2.45, 2.75) is 6.92 Å². The average Bonchev–Trinajstić information content (AvgIpc) is 3.35. The van der Waals surface area contributed by atoms with Crippen LogP contribution in [0.15, 0.2) is 77.3 Å². The first-order valence-corrected chi connectivity index (χ1v) is 9.19. The van der Waals surface area contributed by atoms with Gasteiger partial charge in [0.1, 0.15) is 11.5 Å². The van der Waals surface area contributed by atoms with Crippen molar-refractivity contribution in [3.8, 4) is 17.1 Å². The van der Waals surface area contributed by atoms with Crippen LogP contribution in [-0.2, 0) is 0 Å². The number of furan rings is 1. The molecule has 0 aliphatic rings. The Labute approximate surface area is 172 Å². The Hall–Kier alpha value is -4.33. The van der Waals surface area contributed by atoms with E-state index in [4.69, 9.17) is 10.2 Å². The molecular formula is C22H19N5O3. The molecule has 0 saturated heterocycles. The van der Waals surface area contributed by atoms with Gasteiger partial charge in [-0.05, 0) is 49.4 Å². The summed E-state index contributed by atoms with van der Waals surface area (Å²) in [6, 6.07) is 19.1. The maximum atomic E-state index is 13.1. The summed E-state index contributed by atoms with van der Waals surface area (Å²) < 4.78 is 7.34. The van der Waals surface area contributed by atoms with Crippen molar-refractivity contribution in [2.75, 3.05) is 10.6 Å². The normalized spacial score (nSPS) is 10.6. The number of para-hydroxylation sites is 1. The van der Waals surface area contributed by atoms with E-state index in [9.17, 15) is 9.59 Å². The lowest BCUT2D eigenvalue weighted by Gasteiger charge is -2.07. The summed E-state index contributed by atoms with van der Waals surface area (Å²) in [6.45, 7) is 1.83. The van der Waals surface area contributed by atoms with Crippen LogP contribution in [0.5, 0.6) is 0 Å². The van der Waals surface area contributed by atoms with Gasteiger partial charge in [0.15, 0.2) is 5.76 Å². The molecule has 0 radical (unpaired) electrons. The van der Waals surface area contributed by atoms with Gasteiger partial charge in [-0.1, -0.05) is 24.3 Å². The van der Waals surface area contributed by atoms with E-state index in [1.165, 1.54) is 0 Å². The van der Waals surface area contributed by atoms with Crippen molar-refractivity contribution in [2.24, 2.45) is 5.73 Å². The number of anilines is 2.